The van der Waals surface area contributed by atoms with Crippen LogP contribution in [0.4, 0.5) is 0 Å². The van der Waals surface area contributed by atoms with E-state index in [1.165, 1.54) is 37.9 Å². The highest BCUT2D eigenvalue weighted by molar-refractivity contribution is 5.20. The fourth-order valence-electron chi connectivity index (χ4n) is 4.17. The van der Waals surface area contributed by atoms with Crippen LogP contribution in [0.1, 0.15) is 56.9 Å². The quantitative estimate of drug-likeness (QED) is 0.894. The SMILES string of the molecule is CC1CCCN(C2CC(c3ccccc3)CCC2O)CC1. The van der Waals surface area contributed by atoms with Crippen molar-refractivity contribution >= 4 is 0 Å². The molecule has 0 spiro atoms. The van der Waals surface area contributed by atoms with Crippen molar-refractivity contribution in [1.29, 1.82) is 0 Å². The van der Waals surface area contributed by atoms with Crippen molar-refractivity contribution in [2.45, 2.75) is 63.5 Å². The summed E-state index contributed by atoms with van der Waals surface area (Å²) in [7, 11) is 0. The van der Waals surface area contributed by atoms with Gasteiger partial charge in [-0.25, -0.2) is 0 Å². The second-order valence-corrected chi connectivity index (χ2v) is 7.13. The molecule has 1 aromatic carbocycles. The van der Waals surface area contributed by atoms with Crippen LogP contribution in [0, 0.1) is 5.92 Å². The minimum atomic E-state index is -0.127. The molecule has 1 aromatic rings. The van der Waals surface area contributed by atoms with E-state index >= 15 is 0 Å². The lowest BCUT2D eigenvalue weighted by Gasteiger charge is -2.40. The molecule has 4 unspecified atom stereocenters. The van der Waals surface area contributed by atoms with E-state index in [1.807, 2.05) is 0 Å². The van der Waals surface area contributed by atoms with Gasteiger partial charge in [0.2, 0.25) is 0 Å². The third-order valence-corrected chi connectivity index (χ3v) is 5.57. The third kappa shape index (κ3) is 3.67. The first kappa shape index (κ1) is 15.1. The summed E-state index contributed by atoms with van der Waals surface area (Å²) in [6.45, 7) is 4.71. The first-order valence-corrected chi connectivity index (χ1v) is 8.71. The molecule has 2 heteroatoms. The Morgan fingerprint density at radius 3 is 2.62 bits per heavy atom. The molecule has 116 valence electrons. The van der Waals surface area contributed by atoms with Gasteiger partial charge >= 0.3 is 0 Å². The van der Waals surface area contributed by atoms with Crippen LogP contribution in [0.3, 0.4) is 0 Å². The molecule has 1 heterocycles. The van der Waals surface area contributed by atoms with Crippen LogP contribution in [-0.4, -0.2) is 35.2 Å². The molecule has 21 heavy (non-hydrogen) atoms. The molecule has 1 aliphatic heterocycles. The van der Waals surface area contributed by atoms with E-state index < -0.39 is 0 Å². The Labute approximate surface area is 129 Å². The van der Waals surface area contributed by atoms with Crippen molar-refractivity contribution in [2.24, 2.45) is 5.92 Å². The standard InChI is InChI=1S/C19H29NO/c1-15-6-5-12-20(13-11-15)18-14-17(9-10-19(18)21)16-7-3-2-4-8-16/h2-4,7-8,15,17-19,21H,5-6,9-14H2,1H3. The number of nitrogens with zero attached hydrogens (tertiary/aromatic N) is 1. The highest BCUT2D eigenvalue weighted by atomic mass is 16.3. The van der Waals surface area contributed by atoms with Gasteiger partial charge in [0.25, 0.3) is 0 Å². The lowest BCUT2D eigenvalue weighted by Crippen LogP contribution is -2.47. The Hall–Kier alpha value is -0.860. The van der Waals surface area contributed by atoms with Crippen molar-refractivity contribution < 1.29 is 5.11 Å². The fourth-order valence-corrected chi connectivity index (χ4v) is 4.17. The highest BCUT2D eigenvalue weighted by Gasteiger charge is 2.34. The van der Waals surface area contributed by atoms with E-state index in [4.69, 9.17) is 0 Å². The summed E-state index contributed by atoms with van der Waals surface area (Å²) in [5.74, 6) is 1.47. The summed E-state index contributed by atoms with van der Waals surface area (Å²) in [4.78, 5) is 2.59. The molecule has 2 nitrogen and oxygen atoms in total. The number of hydrogen-bond donors (Lipinski definition) is 1. The molecule has 1 saturated carbocycles. The summed E-state index contributed by atoms with van der Waals surface area (Å²) in [6.07, 6.45) is 7.02. The second-order valence-electron chi connectivity index (χ2n) is 7.13. The van der Waals surface area contributed by atoms with Crippen LogP contribution in [0.5, 0.6) is 0 Å². The minimum absolute atomic E-state index is 0.127. The average Bonchev–Trinajstić information content (AvgIpc) is 2.73. The van der Waals surface area contributed by atoms with E-state index in [9.17, 15) is 5.11 Å². The summed E-state index contributed by atoms with van der Waals surface area (Å²) < 4.78 is 0. The average molecular weight is 287 g/mol. The predicted octanol–water partition coefficient (Wildman–Crippen LogP) is 3.81. The lowest BCUT2D eigenvalue weighted by molar-refractivity contribution is 0.0146. The van der Waals surface area contributed by atoms with E-state index in [-0.39, 0.29) is 6.10 Å². The maximum absolute atomic E-state index is 10.5. The number of hydrogen-bond acceptors (Lipinski definition) is 2. The molecule has 4 atom stereocenters. The molecule has 3 rings (SSSR count). The molecule has 1 saturated heterocycles. The van der Waals surface area contributed by atoms with Crippen molar-refractivity contribution in [3.05, 3.63) is 35.9 Å². The molecule has 0 amide bonds. The zero-order valence-corrected chi connectivity index (χ0v) is 13.2. The Morgan fingerprint density at radius 2 is 1.81 bits per heavy atom. The van der Waals surface area contributed by atoms with Gasteiger partial charge in [-0.3, -0.25) is 4.90 Å². The molecule has 0 radical (unpaired) electrons. The van der Waals surface area contributed by atoms with Gasteiger partial charge < -0.3 is 5.11 Å². The van der Waals surface area contributed by atoms with Crippen molar-refractivity contribution in [1.82, 2.24) is 4.90 Å². The van der Waals surface area contributed by atoms with Gasteiger partial charge in [0.05, 0.1) is 6.10 Å². The Balaban J connectivity index is 1.68. The van der Waals surface area contributed by atoms with Crippen LogP contribution in [0.25, 0.3) is 0 Å². The van der Waals surface area contributed by atoms with Gasteiger partial charge in [0.15, 0.2) is 0 Å². The summed E-state index contributed by atoms with van der Waals surface area (Å²) in [6, 6.07) is 11.3. The third-order valence-electron chi connectivity index (χ3n) is 5.57. The first-order valence-electron chi connectivity index (χ1n) is 8.71. The normalized spacial score (nSPS) is 35.3. The monoisotopic (exact) mass is 287 g/mol. The number of aliphatic hydroxyl groups is 1. The molecule has 0 aromatic heterocycles. The van der Waals surface area contributed by atoms with Gasteiger partial charge in [-0.15, -0.1) is 0 Å². The van der Waals surface area contributed by atoms with Crippen LogP contribution in [-0.2, 0) is 0 Å². The van der Waals surface area contributed by atoms with Gasteiger partial charge in [-0.2, -0.15) is 0 Å². The van der Waals surface area contributed by atoms with Crippen LogP contribution in [0.2, 0.25) is 0 Å². The molecular formula is C19H29NO. The van der Waals surface area contributed by atoms with E-state index in [1.54, 1.807) is 0 Å². The zero-order chi connectivity index (χ0) is 14.7. The number of rotatable bonds is 2. The van der Waals surface area contributed by atoms with Gasteiger partial charge in [0.1, 0.15) is 0 Å². The number of likely N-dealkylation sites (tertiary alicyclic amines) is 1. The number of benzene rings is 1. The summed E-state index contributed by atoms with van der Waals surface area (Å²) >= 11 is 0. The summed E-state index contributed by atoms with van der Waals surface area (Å²) in [5, 5.41) is 10.5. The first-order chi connectivity index (χ1) is 10.2. The molecule has 2 aliphatic rings. The van der Waals surface area contributed by atoms with Crippen molar-refractivity contribution in [2.75, 3.05) is 13.1 Å². The summed E-state index contributed by atoms with van der Waals surface area (Å²) in [5.41, 5.74) is 1.46. The smallest absolute Gasteiger partial charge is 0.0695 e. The zero-order valence-electron chi connectivity index (χ0n) is 13.2. The second kappa shape index (κ2) is 6.93. The van der Waals surface area contributed by atoms with Crippen LogP contribution in [0.15, 0.2) is 30.3 Å². The molecule has 1 N–H and O–H groups in total. The Kier molecular flexibility index (Phi) is 4.97. The Morgan fingerprint density at radius 1 is 1.00 bits per heavy atom. The highest BCUT2D eigenvalue weighted by Crippen LogP contribution is 2.36. The minimum Gasteiger partial charge on any atom is -0.391 e. The largest absolute Gasteiger partial charge is 0.391 e. The van der Waals surface area contributed by atoms with Crippen molar-refractivity contribution in [3.8, 4) is 0 Å². The van der Waals surface area contributed by atoms with E-state index in [0.29, 0.717) is 12.0 Å². The maximum atomic E-state index is 10.5. The molecular weight excluding hydrogens is 258 g/mol. The van der Waals surface area contributed by atoms with Gasteiger partial charge in [-0.05, 0) is 69.0 Å². The van der Waals surface area contributed by atoms with E-state index in [2.05, 4.69) is 42.2 Å². The molecule has 1 aliphatic carbocycles. The van der Waals surface area contributed by atoms with Crippen LogP contribution < -0.4 is 0 Å². The van der Waals surface area contributed by atoms with Gasteiger partial charge in [0, 0.05) is 6.04 Å². The fraction of sp³-hybridized carbons (Fsp3) is 0.684. The molecule has 0 bridgehead atoms. The number of aliphatic hydroxyl groups excluding tert-OH is 1. The predicted molar refractivity (Wildman–Crippen MR) is 87.4 cm³/mol. The topological polar surface area (TPSA) is 23.5 Å². The van der Waals surface area contributed by atoms with Crippen molar-refractivity contribution in [3.63, 3.8) is 0 Å². The van der Waals surface area contributed by atoms with Crippen LogP contribution >= 0.6 is 0 Å². The lowest BCUT2D eigenvalue weighted by atomic mass is 9.79. The maximum Gasteiger partial charge on any atom is 0.0695 e. The van der Waals surface area contributed by atoms with Gasteiger partial charge in [-0.1, -0.05) is 37.3 Å². The van der Waals surface area contributed by atoms with E-state index in [0.717, 1.165) is 25.2 Å². The molecule has 2 fully saturated rings. The Bertz CT molecular complexity index is 432.